The molecule has 0 aromatic heterocycles. The Morgan fingerprint density at radius 3 is 2.33 bits per heavy atom. The molecule has 2 atom stereocenters. The zero-order valence-corrected chi connectivity index (χ0v) is 11.6. The second-order valence-corrected chi connectivity index (χ2v) is 6.16. The van der Waals surface area contributed by atoms with Crippen molar-refractivity contribution in [1.82, 2.24) is 4.90 Å². The Hall–Kier alpha value is -2.24. The summed E-state index contributed by atoms with van der Waals surface area (Å²) >= 11 is 0. The molecule has 1 heterocycles. The Kier molecular flexibility index (Phi) is 2.70. The molecule has 6 heteroatoms. The molecule has 1 saturated heterocycles. The Morgan fingerprint density at radius 2 is 1.86 bits per heavy atom. The first-order valence-electron chi connectivity index (χ1n) is 6.62. The maximum absolute atomic E-state index is 13.6. The highest BCUT2D eigenvalue weighted by Gasteiger charge is 2.72. The molecular weight excluding hydrogens is 277 g/mol. The number of piperidine rings is 1. The number of hydrogen-bond acceptors (Lipinski definition) is 3. The van der Waals surface area contributed by atoms with Crippen LogP contribution in [0.15, 0.2) is 18.2 Å². The summed E-state index contributed by atoms with van der Waals surface area (Å²) < 4.78 is 13.6. The maximum atomic E-state index is 13.6. The number of hydrogen-bond donors (Lipinski definition) is 1. The van der Waals surface area contributed by atoms with Gasteiger partial charge in [-0.05, 0) is 23.1 Å². The molecule has 0 radical (unpaired) electrons. The summed E-state index contributed by atoms with van der Waals surface area (Å²) in [5.74, 6) is -3.21. The number of fused-ring (bicyclic) bond motifs is 1. The second kappa shape index (κ2) is 4.13. The minimum atomic E-state index is -1.35. The van der Waals surface area contributed by atoms with Crippen molar-refractivity contribution < 1.29 is 23.9 Å². The van der Waals surface area contributed by atoms with Crippen molar-refractivity contribution in [2.24, 2.45) is 17.3 Å². The van der Waals surface area contributed by atoms with Gasteiger partial charge in [-0.15, -0.1) is 0 Å². The number of imide groups is 1. The number of likely N-dealkylation sites (tertiary alicyclic amines) is 1. The number of carbonyl (C=O) groups excluding carboxylic acids is 2. The highest BCUT2D eigenvalue weighted by molar-refractivity contribution is 6.10. The number of carboxylic acid groups (broad SMARTS) is 1. The van der Waals surface area contributed by atoms with Crippen LogP contribution in [0, 0.1) is 23.1 Å². The fourth-order valence-electron chi connectivity index (χ4n) is 3.17. The largest absolute Gasteiger partial charge is 0.478 e. The highest BCUT2D eigenvalue weighted by atomic mass is 19.1. The van der Waals surface area contributed by atoms with E-state index in [4.69, 9.17) is 5.11 Å². The predicted octanol–water partition coefficient (Wildman–Crippen LogP) is 1.66. The van der Waals surface area contributed by atoms with Crippen molar-refractivity contribution in [2.75, 3.05) is 0 Å². The molecule has 1 N–H and O–H groups in total. The fourth-order valence-corrected chi connectivity index (χ4v) is 3.17. The molecule has 3 rings (SSSR count). The van der Waals surface area contributed by atoms with E-state index >= 15 is 0 Å². The van der Waals surface area contributed by atoms with Gasteiger partial charge >= 0.3 is 5.97 Å². The first kappa shape index (κ1) is 13.7. The summed E-state index contributed by atoms with van der Waals surface area (Å²) in [5.41, 5.74) is -0.302. The molecule has 2 aliphatic rings. The number of rotatable bonds is 3. The summed E-state index contributed by atoms with van der Waals surface area (Å²) in [7, 11) is 0. The Bertz CT molecular complexity index is 658. The van der Waals surface area contributed by atoms with E-state index in [1.54, 1.807) is 0 Å². The monoisotopic (exact) mass is 291 g/mol. The molecule has 1 aliphatic carbocycles. The summed E-state index contributed by atoms with van der Waals surface area (Å²) in [4.78, 5) is 36.2. The van der Waals surface area contributed by atoms with Crippen molar-refractivity contribution >= 4 is 17.8 Å². The molecule has 110 valence electrons. The second-order valence-electron chi connectivity index (χ2n) is 6.16. The molecule has 1 aromatic rings. The van der Waals surface area contributed by atoms with Crippen molar-refractivity contribution in [3.05, 3.63) is 35.1 Å². The van der Waals surface area contributed by atoms with Gasteiger partial charge in [0, 0.05) is 0 Å². The lowest BCUT2D eigenvalue weighted by Gasteiger charge is -2.20. The SMILES string of the molecule is CC1(C)C2C(=O)N(Cc3ccc(C(=O)O)c(F)c3)C(=O)C21. The van der Waals surface area contributed by atoms with E-state index in [0.717, 1.165) is 17.0 Å². The van der Waals surface area contributed by atoms with Crippen LogP contribution in [0.4, 0.5) is 4.39 Å². The fraction of sp³-hybridized carbons (Fsp3) is 0.400. The first-order chi connectivity index (χ1) is 9.75. The molecule has 1 saturated carbocycles. The van der Waals surface area contributed by atoms with Crippen LogP contribution in [0.25, 0.3) is 0 Å². The van der Waals surface area contributed by atoms with Crippen LogP contribution >= 0.6 is 0 Å². The average molecular weight is 291 g/mol. The number of halogens is 1. The quantitative estimate of drug-likeness (QED) is 0.860. The molecule has 2 amide bonds. The minimum absolute atomic E-state index is 0.0163. The van der Waals surface area contributed by atoms with Crippen LogP contribution < -0.4 is 0 Å². The number of nitrogens with zero attached hydrogens (tertiary/aromatic N) is 1. The lowest BCUT2D eigenvalue weighted by Crippen LogP contribution is -2.35. The van der Waals surface area contributed by atoms with Crippen LogP contribution in [-0.2, 0) is 16.1 Å². The molecule has 2 unspecified atom stereocenters. The number of carboxylic acids is 1. The zero-order chi connectivity index (χ0) is 15.5. The van der Waals surface area contributed by atoms with E-state index < -0.39 is 17.3 Å². The zero-order valence-electron chi connectivity index (χ0n) is 11.6. The van der Waals surface area contributed by atoms with E-state index in [1.807, 2.05) is 13.8 Å². The van der Waals surface area contributed by atoms with Crippen molar-refractivity contribution in [1.29, 1.82) is 0 Å². The van der Waals surface area contributed by atoms with E-state index in [2.05, 4.69) is 0 Å². The molecule has 0 spiro atoms. The van der Waals surface area contributed by atoms with Gasteiger partial charge in [-0.2, -0.15) is 0 Å². The van der Waals surface area contributed by atoms with Crippen LogP contribution in [0.3, 0.4) is 0 Å². The molecule has 2 fully saturated rings. The van der Waals surface area contributed by atoms with Crippen molar-refractivity contribution in [3.8, 4) is 0 Å². The van der Waals surface area contributed by atoms with Gasteiger partial charge in [0.05, 0.1) is 23.9 Å². The average Bonchev–Trinajstić information content (AvgIpc) is 2.86. The third kappa shape index (κ3) is 1.86. The van der Waals surface area contributed by atoms with E-state index in [9.17, 15) is 18.8 Å². The third-order valence-corrected chi connectivity index (χ3v) is 4.50. The first-order valence-corrected chi connectivity index (χ1v) is 6.62. The lowest BCUT2D eigenvalue weighted by atomic mass is 10.0. The highest BCUT2D eigenvalue weighted by Crippen LogP contribution is 2.63. The van der Waals surface area contributed by atoms with E-state index in [0.29, 0.717) is 5.56 Å². The minimum Gasteiger partial charge on any atom is -0.478 e. The smallest absolute Gasteiger partial charge is 0.338 e. The Labute approximate surface area is 120 Å². The maximum Gasteiger partial charge on any atom is 0.338 e. The Balaban J connectivity index is 1.80. The standard InChI is InChI=1S/C15H14FNO4/c1-15(2)10-11(15)13(19)17(12(10)18)6-7-3-4-8(14(20)21)9(16)5-7/h3-5,10-11H,6H2,1-2H3,(H,20,21). The van der Waals surface area contributed by atoms with Gasteiger partial charge in [-0.3, -0.25) is 14.5 Å². The number of amides is 2. The van der Waals surface area contributed by atoms with Crippen LogP contribution in [-0.4, -0.2) is 27.8 Å². The topological polar surface area (TPSA) is 74.7 Å². The third-order valence-electron chi connectivity index (χ3n) is 4.50. The van der Waals surface area contributed by atoms with Gasteiger partial charge in [-0.25, -0.2) is 9.18 Å². The van der Waals surface area contributed by atoms with Crippen LogP contribution in [0.2, 0.25) is 0 Å². The molecular formula is C15H14FNO4. The van der Waals surface area contributed by atoms with Crippen molar-refractivity contribution in [2.45, 2.75) is 20.4 Å². The Morgan fingerprint density at radius 1 is 1.29 bits per heavy atom. The normalized spacial score (nSPS) is 26.0. The number of carbonyl (C=O) groups is 3. The predicted molar refractivity (Wildman–Crippen MR) is 69.7 cm³/mol. The van der Waals surface area contributed by atoms with Gasteiger partial charge in [0.1, 0.15) is 5.82 Å². The number of benzene rings is 1. The van der Waals surface area contributed by atoms with Gasteiger partial charge < -0.3 is 5.11 Å². The summed E-state index contributed by atoms with van der Waals surface area (Å²) in [6, 6.07) is 3.62. The summed E-state index contributed by atoms with van der Waals surface area (Å²) in [5, 5.41) is 8.76. The number of aromatic carboxylic acids is 1. The van der Waals surface area contributed by atoms with Gasteiger partial charge in [0.2, 0.25) is 11.8 Å². The van der Waals surface area contributed by atoms with E-state index in [-0.39, 0.29) is 35.6 Å². The summed E-state index contributed by atoms with van der Waals surface area (Å²) in [6.45, 7) is 3.76. The molecule has 5 nitrogen and oxygen atoms in total. The van der Waals surface area contributed by atoms with Gasteiger partial charge in [0.15, 0.2) is 0 Å². The summed E-state index contributed by atoms with van der Waals surface area (Å²) in [6.07, 6.45) is 0. The van der Waals surface area contributed by atoms with E-state index in [1.165, 1.54) is 6.07 Å². The van der Waals surface area contributed by atoms with Crippen LogP contribution in [0.1, 0.15) is 29.8 Å². The van der Waals surface area contributed by atoms with Crippen LogP contribution in [0.5, 0.6) is 0 Å². The molecule has 1 aliphatic heterocycles. The lowest BCUT2D eigenvalue weighted by molar-refractivity contribution is -0.143. The van der Waals surface area contributed by atoms with Crippen molar-refractivity contribution in [3.63, 3.8) is 0 Å². The van der Waals surface area contributed by atoms with Gasteiger partial charge in [0.25, 0.3) is 0 Å². The molecule has 1 aromatic carbocycles. The molecule has 0 bridgehead atoms. The van der Waals surface area contributed by atoms with Gasteiger partial charge in [-0.1, -0.05) is 19.9 Å². The molecule has 21 heavy (non-hydrogen) atoms.